The summed E-state index contributed by atoms with van der Waals surface area (Å²) in [6, 6.07) is 7.12. The third-order valence-corrected chi connectivity index (χ3v) is 3.78. The summed E-state index contributed by atoms with van der Waals surface area (Å²) in [4.78, 5) is 3.82. The van der Waals surface area contributed by atoms with Gasteiger partial charge in [0.15, 0.2) is 0 Å². The zero-order chi connectivity index (χ0) is 13.9. The Hall–Kier alpha value is -1.93. The second-order valence-corrected chi connectivity index (χ2v) is 5.81. The summed E-state index contributed by atoms with van der Waals surface area (Å²) in [6.45, 7) is 0.435. The number of aryl methyl sites for hydroxylation is 1. The molecule has 2 aromatic rings. The van der Waals surface area contributed by atoms with Gasteiger partial charge in [0.2, 0.25) is 16.0 Å². The summed E-state index contributed by atoms with van der Waals surface area (Å²) in [5.74, 6) is 0.0728. The van der Waals surface area contributed by atoms with E-state index >= 15 is 0 Å². The van der Waals surface area contributed by atoms with Crippen molar-refractivity contribution in [3.63, 3.8) is 0 Å². The van der Waals surface area contributed by atoms with Gasteiger partial charge in [-0.05, 0) is 11.1 Å². The first-order valence-electron chi connectivity index (χ1n) is 5.62. The van der Waals surface area contributed by atoms with Crippen molar-refractivity contribution in [1.29, 1.82) is 0 Å². The van der Waals surface area contributed by atoms with Crippen LogP contribution >= 0.6 is 0 Å². The summed E-state index contributed by atoms with van der Waals surface area (Å²) in [5.41, 5.74) is 7.13. The van der Waals surface area contributed by atoms with Crippen molar-refractivity contribution in [3.05, 3.63) is 41.7 Å². The fraction of sp³-hybridized carbons (Fsp3) is 0.273. The van der Waals surface area contributed by atoms with Crippen LogP contribution < -0.4 is 10.5 Å². The molecule has 19 heavy (non-hydrogen) atoms. The molecule has 0 bridgehead atoms. The lowest BCUT2D eigenvalue weighted by molar-refractivity contribution is 0.599. The van der Waals surface area contributed by atoms with E-state index < -0.39 is 10.0 Å². The van der Waals surface area contributed by atoms with Gasteiger partial charge >= 0.3 is 0 Å². The van der Waals surface area contributed by atoms with E-state index in [0.717, 1.165) is 5.56 Å². The normalized spacial score (nSPS) is 11.5. The van der Waals surface area contributed by atoms with Crippen molar-refractivity contribution < 1.29 is 8.42 Å². The molecule has 0 radical (unpaired) electrons. The van der Waals surface area contributed by atoms with Gasteiger partial charge < -0.3 is 5.73 Å². The van der Waals surface area contributed by atoms with Crippen LogP contribution in [0.25, 0.3) is 0 Å². The Morgan fingerprint density at radius 1 is 1.26 bits per heavy atom. The third kappa shape index (κ3) is 3.52. The maximum Gasteiger partial charge on any atom is 0.239 e. The largest absolute Gasteiger partial charge is 0.326 e. The second kappa shape index (κ2) is 5.37. The summed E-state index contributed by atoms with van der Waals surface area (Å²) in [5, 5.41) is 3.80. The number of hydrogen-bond donors (Lipinski definition) is 2. The summed E-state index contributed by atoms with van der Waals surface area (Å²) in [7, 11) is -1.89. The molecule has 2 rings (SSSR count). The number of benzene rings is 1. The molecular weight excluding hydrogens is 266 g/mol. The quantitative estimate of drug-likeness (QED) is 0.816. The zero-order valence-corrected chi connectivity index (χ0v) is 11.3. The average Bonchev–Trinajstić information content (AvgIpc) is 2.75. The van der Waals surface area contributed by atoms with Crippen LogP contribution in [0.1, 0.15) is 11.1 Å². The van der Waals surface area contributed by atoms with Gasteiger partial charge in [-0.3, -0.25) is 4.72 Å². The van der Waals surface area contributed by atoms with Gasteiger partial charge in [-0.15, -0.1) is 0 Å². The molecule has 0 aliphatic heterocycles. The summed E-state index contributed by atoms with van der Waals surface area (Å²) in [6.07, 6.45) is 1.29. The van der Waals surface area contributed by atoms with E-state index in [1.165, 1.54) is 11.0 Å². The van der Waals surface area contributed by atoms with E-state index in [9.17, 15) is 8.42 Å². The van der Waals surface area contributed by atoms with Gasteiger partial charge in [-0.1, -0.05) is 24.3 Å². The molecule has 1 aromatic heterocycles. The molecule has 0 saturated carbocycles. The molecule has 8 heteroatoms. The lowest BCUT2D eigenvalue weighted by Gasteiger charge is -2.07. The van der Waals surface area contributed by atoms with Gasteiger partial charge in [0.05, 0.1) is 5.75 Å². The Balaban J connectivity index is 2.10. The van der Waals surface area contributed by atoms with E-state index in [2.05, 4.69) is 14.8 Å². The van der Waals surface area contributed by atoms with Crippen LogP contribution in [0.3, 0.4) is 0 Å². The first-order chi connectivity index (χ1) is 9.00. The first-order valence-corrected chi connectivity index (χ1v) is 7.28. The van der Waals surface area contributed by atoms with E-state index in [1.807, 2.05) is 12.1 Å². The van der Waals surface area contributed by atoms with Crippen LogP contribution in [-0.2, 0) is 29.4 Å². The minimum absolute atomic E-state index is 0.120. The topological polar surface area (TPSA) is 103 Å². The number of sulfonamides is 1. The number of anilines is 1. The highest BCUT2D eigenvalue weighted by atomic mass is 32.2. The van der Waals surface area contributed by atoms with Crippen LogP contribution in [0.15, 0.2) is 30.6 Å². The van der Waals surface area contributed by atoms with Crippen molar-refractivity contribution in [2.45, 2.75) is 12.3 Å². The monoisotopic (exact) mass is 281 g/mol. The molecule has 102 valence electrons. The highest BCUT2D eigenvalue weighted by Gasteiger charge is 2.14. The van der Waals surface area contributed by atoms with Crippen molar-refractivity contribution >= 4 is 16.0 Å². The molecule has 0 fully saturated rings. The van der Waals surface area contributed by atoms with Crippen molar-refractivity contribution in [2.75, 3.05) is 4.72 Å². The Labute approximate surface area is 111 Å². The standard InChI is InChI=1S/C11H15N5O2S/c1-16-11(13-8-14-16)15-19(17,18)7-10-4-2-9(6-12)3-5-10/h2-5,8H,6-7,12H2,1H3,(H,13,14,15). The van der Waals surface area contributed by atoms with Gasteiger partial charge in [0.1, 0.15) is 6.33 Å². The maximum atomic E-state index is 12.0. The molecule has 0 amide bonds. The molecule has 0 aliphatic rings. The minimum Gasteiger partial charge on any atom is -0.326 e. The van der Waals surface area contributed by atoms with Crippen LogP contribution in [0.4, 0.5) is 5.95 Å². The van der Waals surface area contributed by atoms with E-state index in [0.29, 0.717) is 12.1 Å². The summed E-state index contributed by atoms with van der Waals surface area (Å²) >= 11 is 0. The fourth-order valence-electron chi connectivity index (χ4n) is 1.55. The van der Waals surface area contributed by atoms with Crippen LogP contribution in [-0.4, -0.2) is 23.2 Å². The molecule has 1 aromatic carbocycles. The van der Waals surface area contributed by atoms with Crippen molar-refractivity contribution in [2.24, 2.45) is 12.8 Å². The van der Waals surface area contributed by atoms with Gasteiger partial charge in [0, 0.05) is 13.6 Å². The van der Waals surface area contributed by atoms with Crippen LogP contribution in [0.2, 0.25) is 0 Å². The second-order valence-electron chi connectivity index (χ2n) is 4.09. The highest BCUT2D eigenvalue weighted by Crippen LogP contribution is 2.10. The van der Waals surface area contributed by atoms with Crippen molar-refractivity contribution in [1.82, 2.24) is 14.8 Å². The van der Waals surface area contributed by atoms with E-state index in [-0.39, 0.29) is 11.7 Å². The summed E-state index contributed by atoms with van der Waals surface area (Å²) < 4.78 is 27.7. The number of nitrogens with two attached hydrogens (primary N) is 1. The molecule has 1 heterocycles. The minimum atomic E-state index is -3.50. The molecule has 0 spiro atoms. The predicted molar refractivity (Wildman–Crippen MR) is 71.6 cm³/mol. The lowest BCUT2D eigenvalue weighted by Crippen LogP contribution is -2.18. The molecule has 0 saturated heterocycles. The zero-order valence-electron chi connectivity index (χ0n) is 10.4. The molecule has 0 unspecified atom stereocenters. The number of aromatic nitrogens is 3. The van der Waals surface area contributed by atoms with E-state index in [4.69, 9.17) is 5.73 Å². The molecule has 3 N–H and O–H groups in total. The Kier molecular flexibility index (Phi) is 3.82. The molecule has 7 nitrogen and oxygen atoms in total. The number of rotatable bonds is 5. The highest BCUT2D eigenvalue weighted by molar-refractivity contribution is 7.91. The average molecular weight is 281 g/mol. The van der Waals surface area contributed by atoms with E-state index in [1.54, 1.807) is 19.2 Å². The molecule has 0 aliphatic carbocycles. The van der Waals surface area contributed by atoms with Gasteiger partial charge in [0.25, 0.3) is 0 Å². The maximum absolute atomic E-state index is 12.0. The number of hydrogen-bond acceptors (Lipinski definition) is 5. The Bertz CT molecular complexity index is 648. The SMILES string of the molecule is Cn1ncnc1NS(=O)(=O)Cc1ccc(CN)cc1. The van der Waals surface area contributed by atoms with Gasteiger partial charge in [-0.25, -0.2) is 13.1 Å². The fourth-order valence-corrected chi connectivity index (χ4v) is 2.72. The third-order valence-electron chi connectivity index (χ3n) is 2.57. The van der Waals surface area contributed by atoms with Gasteiger partial charge in [-0.2, -0.15) is 10.1 Å². The Morgan fingerprint density at radius 3 is 2.42 bits per heavy atom. The first kappa shape index (κ1) is 13.5. The predicted octanol–water partition coefficient (Wildman–Crippen LogP) is 0.216. The lowest BCUT2D eigenvalue weighted by atomic mass is 10.1. The van der Waals surface area contributed by atoms with Crippen molar-refractivity contribution in [3.8, 4) is 0 Å². The molecule has 0 atom stereocenters. The van der Waals surface area contributed by atoms with Crippen LogP contribution in [0.5, 0.6) is 0 Å². The molecular formula is C11H15N5O2S. The Morgan fingerprint density at radius 2 is 1.89 bits per heavy atom. The number of nitrogens with one attached hydrogen (secondary N) is 1. The van der Waals surface area contributed by atoms with Crippen LogP contribution in [0, 0.1) is 0 Å². The number of nitrogens with zero attached hydrogens (tertiary/aromatic N) is 3. The smallest absolute Gasteiger partial charge is 0.239 e.